The van der Waals surface area contributed by atoms with E-state index in [4.69, 9.17) is 5.73 Å². The second-order valence-corrected chi connectivity index (χ2v) is 4.30. The summed E-state index contributed by atoms with van der Waals surface area (Å²) in [6, 6.07) is 4.26. The summed E-state index contributed by atoms with van der Waals surface area (Å²) in [7, 11) is 0. The zero-order valence-corrected chi connectivity index (χ0v) is 9.90. The Morgan fingerprint density at radius 2 is 2.21 bits per heavy atom. The average Bonchev–Trinajstić information content (AvgIpc) is 2.91. The molecule has 5 nitrogen and oxygen atoms in total. The zero-order valence-electron chi connectivity index (χ0n) is 9.90. The van der Waals surface area contributed by atoms with E-state index >= 15 is 0 Å². The van der Waals surface area contributed by atoms with Gasteiger partial charge in [0.25, 0.3) is 0 Å². The van der Waals surface area contributed by atoms with Crippen LogP contribution in [0.2, 0.25) is 0 Å². The van der Waals surface area contributed by atoms with E-state index in [1.165, 1.54) is 12.1 Å². The summed E-state index contributed by atoms with van der Waals surface area (Å²) in [5, 5.41) is 7.96. The number of aromatic amines is 2. The molecule has 2 aromatic heterocycles. The van der Waals surface area contributed by atoms with Crippen molar-refractivity contribution >= 4 is 16.8 Å². The van der Waals surface area contributed by atoms with Crippen LogP contribution in [0.1, 0.15) is 5.56 Å². The lowest BCUT2D eigenvalue weighted by Gasteiger charge is -2.06. The molecule has 2 heterocycles. The average molecular weight is 258 g/mol. The van der Waals surface area contributed by atoms with Gasteiger partial charge in [-0.1, -0.05) is 0 Å². The van der Waals surface area contributed by atoms with Gasteiger partial charge in [-0.05, 0) is 23.8 Å². The fourth-order valence-corrected chi connectivity index (χ4v) is 2.16. The molecule has 19 heavy (non-hydrogen) atoms. The predicted molar refractivity (Wildman–Crippen MR) is 68.7 cm³/mol. The summed E-state index contributed by atoms with van der Waals surface area (Å²) in [6.07, 6.45) is 3.56. The van der Waals surface area contributed by atoms with Crippen molar-refractivity contribution in [2.45, 2.75) is 6.42 Å². The molecule has 1 amide bonds. The molecule has 0 aliphatic rings. The number of fused-ring (bicyclic) bond motifs is 1. The molecule has 0 radical (unpaired) electrons. The molecule has 3 rings (SSSR count). The van der Waals surface area contributed by atoms with Crippen LogP contribution in [0, 0.1) is 5.82 Å². The first-order chi connectivity index (χ1) is 9.15. The fraction of sp³-hybridized carbons (Fsp3) is 0.0769. The first kappa shape index (κ1) is 11.5. The van der Waals surface area contributed by atoms with Crippen molar-refractivity contribution in [3.63, 3.8) is 0 Å². The van der Waals surface area contributed by atoms with Gasteiger partial charge in [0.15, 0.2) is 0 Å². The Balaban J connectivity index is 2.19. The third-order valence-electron chi connectivity index (χ3n) is 2.98. The van der Waals surface area contributed by atoms with Crippen LogP contribution < -0.4 is 5.73 Å². The number of primary amides is 1. The Morgan fingerprint density at radius 3 is 3.00 bits per heavy atom. The van der Waals surface area contributed by atoms with E-state index in [-0.39, 0.29) is 6.42 Å². The van der Waals surface area contributed by atoms with Gasteiger partial charge in [0.1, 0.15) is 11.5 Å². The number of H-pyrrole nitrogens is 2. The van der Waals surface area contributed by atoms with Crippen molar-refractivity contribution in [2.75, 3.05) is 0 Å². The number of hydrogen-bond acceptors (Lipinski definition) is 2. The maximum Gasteiger partial charge on any atom is 0.221 e. The molecule has 6 heteroatoms. The molecule has 0 unspecified atom stereocenters. The number of carbonyl (C=O) groups is 1. The molecule has 0 spiro atoms. The number of benzene rings is 1. The molecule has 0 aliphatic carbocycles. The maximum atomic E-state index is 13.3. The van der Waals surface area contributed by atoms with E-state index in [1.807, 2.05) is 0 Å². The molecule has 96 valence electrons. The summed E-state index contributed by atoms with van der Waals surface area (Å²) in [4.78, 5) is 14.0. The maximum absolute atomic E-state index is 13.3. The summed E-state index contributed by atoms with van der Waals surface area (Å²) in [6.45, 7) is 0. The molecule has 0 bridgehead atoms. The zero-order chi connectivity index (χ0) is 13.4. The van der Waals surface area contributed by atoms with Crippen LogP contribution in [-0.4, -0.2) is 21.1 Å². The Morgan fingerprint density at radius 1 is 1.37 bits per heavy atom. The minimum absolute atomic E-state index is 0.0220. The number of nitrogens with one attached hydrogen (secondary N) is 2. The van der Waals surface area contributed by atoms with Gasteiger partial charge in [0, 0.05) is 23.3 Å². The SMILES string of the molecule is NC(=O)Cc1cc(F)ccc1-c1n[nH]c2c[nH]cc12. The van der Waals surface area contributed by atoms with Crippen LogP contribution in [0.5, 0.6) is 0 Å². The predicted octanol–water partition coefficient (Wildman–Crippen LogP) is 1.72. The highest BCUT2D eigenvalue weighted by Gasteiger charge is 2.14. The summed E-state index contributed by atoms with van der Waals surface area (Å²) in [5.74, 6) is -0.909. The second kappa shape index (κ2) is 4.24. The number of aromatic nitrogens is 3. The molecular weight excluding hydrogens is 247 g/mol. The summed E-state index contributed by atoms with van der Waals surface area (Å²) in [5.41, 5.74) is 7.95. The molecular formula is C13H11FN4O. The first-order valence-corrected chi connectivity index (χ1v) is 5.73. The monoisotopic (exact) mass is 258 g/mol. The van der Waals surface area contributed by atoms with Crippen LogP contribution in [0.25, 0.3) is 22.2 Å². The topological polar surface area (TPSA) is 87.6 Å². The lowest BCUT2D eigenvalue weighted by atomic mass is 10.00. The molecule has 1 aromatic carbocycles. The van der Waals surface area contributed by atoms with Gasteiger partial charge in [-0.3, -0.25) is 9.89 Å². The van der Waals surface area contributed by atoms with Gasteiger partial charge in [-0.15, -0.1) is 0 Å². The molecule has 0 saturated carbocycles. The van der Waals surface area contributed by atoms with Gasteiger partial charge in [-0.25, -0.2) is 4.39 Å². The quantitative estimate of drug-likeness (QED) is 0.668. The summed E-state index contributed by atoms with van der Waals surface area (Å²) < 4.78 is 13.3. The minimum Gasteiger partial charge on any atom is -0.369 e. The third-order valence-corrected chi connectivity index (χ3v) is 2.98. The van der Waals surface area contributed by atoms with Crippen molar-refractivity contribution in [1.29, 1.82) is 0 Å². The lowest BCUT2D eigenvalue weighted by Crippen LogP contribution is -2.14. The Bertz CT molecular complexity index is 759. The second-order valence-electron chi connectivity index (χ2n) is 4.30. The van der Waals surface area contributed by atoms with Crippen LogP contribution in [-0.2, 0) is 11.2 Å². The Hall–Kier alpha value is -2.63. The molecule has 3 aromatic rings. The third kappa shape index (κ3) is 1.97. The highest BCUT2D eigenvalue weighted by Crippen LogP contribution is 2.29. The van der Waals surface area contributed by atoms with Crippen molar-refractivity contribution in [3.8, 4) is 11.3 Å². The highest BCUT2D eigenvalue weighted by atomic mass is 19.1. The normalized spacial score (nSPS) is 11.0. The van der Waals surface area contributed by atoms with Gasteiger partial charge < -0.3 is 10.7 Å². The number of rotatable bonds is 3. The van der Waals surface area contributed by atoms with E-state index in [0.717, 1.165) is 10.9 Å². The Kier molecular flexibility index (Phi) is 2.56. The van der Waals surface area contributed by atoms with Crippen molar-refractivity contribution in [2.24, 2.45) is 5.73 Å². The van der Waals surface area contributed by atoms with Crippen LogP contribution >= 0.6 is 0 Å². The number of amides is 1. The Labute approximate surface area is 107 Å². The molecule has 0 atom stereocenters. The van der Waals surface area contributed by atoms with Gasteiger partial charge in [-0.2, -0.15) is 5.10 Å². The first-order valence-electron chi connectivity index (χ1n) is 5.73. The van der Waals surface area contributed by atoms with E-state index in [2.05, 4.69) is 15.2 Å². The van der Waals surface area contributed by atoms with E-state index in [0.29, 0.717) is 16.8 Å². The van der Waals surface area contributed by atoms with Crippen molar-refractivity contribution in [3.05, 3.63) is 42.0 Å². The number of nitrogens with zero attached hydrogens (tertiary/aromatic N) is 1. The number of nitrogens with two attached hydrogens (primary N) is 1. The fourth-order valence-electron chi connectivity index (χ4n) is 2.16. The van der Waals surface area contributed by atoms with Gasteiger partial charge in [0.2, 0.25) is 5.91 Å². The van der Waals surface area contributed by atoms with E-state index < -0.39 is 11.7 Å². The van der Waals surface area contributed by atoms with Gasteiger partial charge >= 0.3 is 0 Å². The van der Waals surface area contributed by atoms with Crippen LogP contribution in [0.4, 0.5) is 4.39 Å². The summed E-state index contributed by atoms with van der Waals surface area (Å²) >= 11 is 0. The van der Waals surface area contributed by atoms with Crippen molar-refractivity contribution in [1.82, 2.24) is 15.2 Å². The lowest BCUT2D eigenvalue weighted by molar-refractivity contribution is -0.117. The highest BCUT2D eigenvalue weighted by molar-refractivity contribution is 5.94. The van der Waals surface area contributed by atoms with Gasteiger partial charge in [0.05, 0.1) is 11.9 Å². The molecule has 0 saturated heterocycles. The largest absolute Gasteiger partial charge is 0.369 e. The molecule has 0 aliphatic heterocycles. The molecule has 4 N–H and O–H groups in total. The standard InChI is InChI=1S/C13H11FN4O/c14-8-1-2-9(7(3-8)4-12(15)19)13-10-5-16-6-11(10)17-18-13/h1-3,5-6,16-17H,4H2,(H2,15,19). The smallest absolute Gasteiger partial charge is 0.221 e. The molecule has 0 fully saturated rings. The minimum atomic E-state index is -0.507. The van der Waals surface area contributed by atoms with Crippen molar-refractivity contribution < 1.29 is 9.18 Å². The number of hydrogen-bond donors (Lipinski definition) is 3. The van der Waals surface area contributed by atoms with E-state index in [1.54, 1.807) is 18.5 Å². The number of halogens is 1. The van der Waals surface area contributed by atoms with E-state index in [9.17, 15) is 9.18 Å². The number of carbonyl (C=O) groups excluding carboxylic acids is 1. The van der Waals surface area contributed by atoms with Crippen LogP contribution in [0.3, 0.4) is 0 Å². The van der Waals surface area contributed by atoms with Crippen LogP contribution in [0.15, 0.2) is 30.6 Å².